The van der Waals surface area contributed by atoms with Gasteiger partial charge in [0.2, 0.25) is 0 Å². The third-order valence-corrected chi connectivity index (χ3v) is 5.28. The van der Waals surface area contributed by atoms with E-state index in [-0.39, 0.29) is 0 Å². The number of anilines is 2. The van der Waals surface area contributed by atoms with Crippen LogP contribution in [0.2, 0.25) is 0 Å². The minimum Gasteiger partial charge on any atom is -0.453 e. The number of aromatic nitrogens is 4. The van der Waals surface area contributed by atoms with Crippen LogP contribution in [0.3, 0.4) is 0 Å². The molecule has 4 aromatic rings. The first-order chi connectivity index (χ1) is 15.5. The maximum atomic E-state index is 10.2. The van der Waals surface area contributed by atoms with E-state index < -0.39 is 5.60 Å². The lowest BCUT2D eigenvalue weighted by atomic mass is 10.0. The lowest BCUT2D eigenvalue weighted by Gasteiger charge is -2.17. The minimum absolute atomic E-state index is 0.459. The lowest BCUT2D eigenvalue weighted by Crippen LogP contribution is -2.17. The van der Waals surface area contributed by atoms with E-state index in [2.05, 4.69) is 15.3 Å². The largest absolute Gasteiger partial charge is 0.453 e. The number of hydrogen-bond acceptors (Lipinski definition) is 6. The summed E-state index contributed by atoms with van der Waals surface area (Å²) in [7, 11) is 0. The Morgan fingerprint density at radius 1 is 1.03 bits per heavy atom. The van der Waals surface area contributed by atoms with Crippen LogP contribution in [0.5, 0.6) is 11.5 Å². The average Bonchev–Trinajstić information content (AvgIpc) is 3.55. The van der Waals surface area contributed by atoms with Gasteiger partial charge in [0.25, 0.3) is 0 Å². The van der Waals surface area contributed by atoms with Crippen molar-refractivity contribution in [1.29, 1.82) is 0 Å². The van der Waals surface area contributed by atoms with Gasteiger partial charge in [-0.05, 0) is 44.9 Å². The van der Waals surface area contributed by atoms with Crippen molar-refractivity contribution in [3.05, 3.63) is 78.9 Å². The van der Waals surface area contributed by atoms with E-state index in [1.165, 1.54) is 0 Å². The predicted octanol–water partition coefficient (Wildman–Crippen LogP) is 5.44. The SMILES string of the molecule is CC(C)(O)c1cc(Nc2cc(Oc3cn(C4CC4)nc3-c3ccccc3)ccn2)ccn1. The Bertz CT molecular complexity index is 1230. The van der Waals surface area contributed by atoms with Crippen molar-refractivity contribution in [2.24, 2.45) is 0 Å². The molecule has 2 N–H and O–H groups in total. The molecular formula is C25H25N5O2. The average molecular weight is 428 g/mol. The third-order valence-electron chi connectivity index (χ3n) is 5.28. The van der Waals surface area contributed by atoms with E-state index in [1.807, 2.05) is 65.5 Å². The molecule has 5 rings (SSSR count). The molecule has 7 nitrogen and oxygen atoms in total. The Balaban J connectivity index is 1.40. The van der Waals surface area contributed by atoms with Crippen molar-refractivity contribution in [2.75, 3.05) is 5.32 Å². The van der Waals surface area contributed by atoms with E-state index in [0.29, 0.717) is 29.1 Å². The zero-order valence-electron chi connectivity index (χ0n) is 18.1. The van der Waals surface area contributed by atoms with Crippen LogP contribution in [0.4, 0.5) is 11.5 Å². The van der Waals surface area contributed by atoms with Gasteiger partial charge in [-0.25, -0.2) is 4.98 Å². The van der Waals surface area contributed by atoms with Crippen LogP contribution in [0.15, 0.2) is 73.2 Å². The second-order valence-electron chi connectivity index (χ2n) is 8.51. The highest BCUT2D eigenvalue weighted by molar-refractivity contribution is 5.66. The van der Waals surface area contributed by atoms with Gasteiger partial charge >= 0.3 is 0 Å². The number of pyridine rings is 2. The monoisotopic (exact) mass is 427 g/mol. The fourth-order valence-electron chi connectivity index (χ4n) is 3.43. The van der Waals surface area contributed by atoms with Gasteiger partial charge in [-0.3, -0.25) is 9.67 Å². The summed E-state index contributed by atoms with van der Waals surface area (Å²) in [6.45, 7) is 3.41. The van der Waals surface area contributed by atoms with Crippen molar-refractivity contribution < 1.29 is 9.84 Å². The van der Waals surface area contributed by atoms with E-state index in [4.69, 9.17) is 9.84 Å². The second-order valence-corrected chi connectivity index (χ2v) is 8.51. The minimum atomic E-state index is -1.02. The Morgan fingerprint density at radius 2 is 1.81 bits per heavy atom. The van der Waals surface area contributed by atoms with Crippen LogP contribution < -0.4 is 10.1 Å². The van der Waals surface area contributed by atoms with Crippen LogP contribution in [0, 0.1) is 0 Å². The summed E-state index contributed by atoms with van der Waals surface area (Å²) < 4.78 is 8.27. The third kappa shape index (κ3) is 4.48. The van der Waals surface area contributed by atoms with E-state index in [0.717, 1.165) is 29.8 Å². The summed E-state index contributed by atoms with van der Waals surface area (Å²) in [6, 6.07) is 17.8. The molecule has 3 heterocycles. The highest BCUT2D eigenvalue weighted by atomic mass is 16.5. The van der Waals surface area contributed by atoms with E-state index in [9.17, 15) is 5.11 Å². The number of nitrogens with one attached hydrogen (secondary N) is 1. The van der Waals surface area contributed by atoms with Crippen LogP contribution >= 0.6 is 0 Å². The summed E-state index contributed by atoms with van der Waals surface area (Å²) in [6.07, 6.45) is 7.64. The molecule has 3 aromatic heterocycles. The van der Waals surface area contributed by atoms with Crippen molar-refractivity contribution in [3.63, 3.8) is 0 Å². The van der Waals surface area contributed by atoms with Crippen molar-refractivity contribution in [2.45, 2.75) is 38.3 Å². The summed E-state index contributed by atoms with van der Waals surface area (Å²) >= 11 is 0. The van der Waals surface area contributed by atoms with E-state index in [1.54, 1.807) is 26.2 Å². The first kappa shape index (κ1) is 20.2. The molecule has 1 fully saturated rings. The van der Waals surface area contributed by atoms with Crippen molar-refractivity contribution in [3.8, 4) is 22.8 Å². The lowest BCUT2D eigenvalue weighted by molar-refractivity contribution is 0.0739. The van der Waals surface area contributed by atoms with Crippen LogP contribution in [0.1, 0.15) is 38.4 Å². The molecule has 0 aliphatic heterocycles. The topological polar surface area (TPSA) is 85.1 Å². The van der Waals surface area contributed by atoms with Gasteiger partial charge in [-0.2, -0.15) is 5.10 Å². The molecule has 1 saturated carbocycles. The van der Waals surface area contributed by atoms with Gasteiger partial charge in [-0.1, -0.05) is 30.3 Å². The molecule has 0 saturated heterocycles. The molecule has 0 atom stereocenters. The maximum Gasteiger partial charge on any atom is 0.173 e. The van der Waals surface area contributed by atoms with Crippen LogP contribution in [-0.2, 0) is 5.60 Å². The Kier molecular flexibility index (Phi) is 5.11. The Morgan fingerprint density at radius 3 is 2.56 bits per heavy atom. The second kappa shape index (κ2) is 8.09. The molecule has 1 aliphatic carbocycles. The van der Waals surface area contributed by atoms with Crippen molar-refractivity contribution >= 4 is 11.5 Å². The summed E-state index contributed by atoms with van der Waals surface area (Å²) in [4.78, 5) is 8.64. The summed E-state index contributed by atoms with van der Waals surface area (Å²) in [5, 5.41) is 18.3. The number of hydrogen-bond donors (Lipinski definition) is 2. The Hall–Kier alpha value is -3.71. The van der Waals surface area contributed by atoms with Crippen molar-refractivity contribution in [1.82, 2.24) is 19.7 Å². The zero-order chi connectivity index (χ0) is 22.1. The van der Waals surface area contributed by atoms with Gasteiger partial charge in [0.05, 0.1) is 17.9 Å². The fraction of sp³-hybridized carbons (Fsp3) is 0.240. The number of aliphatic hydroxyl groups is 1. The van der Waals surface area contributed by atoms with Gasteiger partial charge in [0, 0.05) is 29.7 Å². The summed E-state index contributed by atoms with van der Waals surface area (Å²) in [5.74, 6) is 2.01. The first-order valence-corrected chi connectivity index (χ1v) is 10.7. The van der Waals surface area contributed by atoms with Gasteiger partial charge in [0.1, 0.15) is 22.9 Å². The number of nitrogens with zero attached hydrogens (tertiary/aromatic N) is 4. The molecule has 1 aliphatic rings. The first-order valence-electron chi connectivity index (χ1n) is 10.7. The quantitative estimate of drug-likeness (QED) is 0.409. The highest BCUT2D eigenvalue weighted by Gasteiger charge is 2.27. The van der Waals surface area contributed by atoms with Gasteiger partial charge in [0.15, 0.2) is 5.75 Å². The highest BCUT2D eigenvalue weighted by Crippen LogP contribution is 2.39. The number of ether oxygens (including phenoxy) is 1. The number of rotatable bonds is 7. The molecule has 7 heteroatoms. The normalized spacial score (nSPS) is 13.7. The molecular weight excluding hydrogens is 402 g/mol. The van der Waals surface area contributed by atoms with Crippen LogP contribution in [0.25, 0.3) is 11.3 Å². The standard InChI is InChI=1S/C25H25N5O2/c1-25(2,31)22-14-18(10-12-26-22)28-23-15-20(11-13-27-23)32-21-16-30(19-8-9-19)29-24(21)17-6-4-3-5-7-17/h3-7,10-16,19,31H,8-9H2,1-2H3,(H,26,27,28). The molecule has 32 heavy (non-hydrogen) atoms. The molecule has 0 bridgehead atoms. The Labute approximate surface area is 186 Å². The maximum absolute atomic E-state index is 10.2. The van der Waals surface area contributed by atoms with Gasteiger partial charge in [-0.15, -0.1) is 0 Å². The molecule has 1 aromatic carbocycles. The number of benzene rings is 1. The van der Waals surface area contributed by atoms with Crippen LogP contribution in [-0.4, -0.2) is 24.9 Å². The molecule has 0 unspecified atom stereocenters. The van der Waals surface area contributed by atoms with E-state index >= 15 is 0 Å². The molecule has 0 amide bonds. The fourth-order valence-corrected chi connectivity index (χ4v) is 3.43. The molecule has 162 valence electrons. The predicted molar refractivity (Wildman–Crippen MR) is 123 cm³/mol. The van der Waals surface area contributed by atoms with Gasteiger partial charge < -0.3 is 15.2 Å². The zero-order valence-corrected chi connectivity index (χ0v) is 18.1. The molecule has 0 radical (unpaired) electrons. The summed E-state index contributed by atoms with van der Waals surface area (Å²) in [5.41, 5.74) is 2.19. The molecule has 0 spiro atoms. The smallest absolute Gasteiger partial charge is 0.173 e.